The summed E-state index contributed by atoms with van der Waals surface area (Å²) in [6, 6.07) is 15.2. The zero-order valence-corrected chi connectivity index (χ0v) is 17.7. The molecular formula is C23H24N4O2S. The van der Waals surface area contributed by atoms with E-state index in [0.717, 1.165) is 21.6 Å². The normalized spacial score (nSPS) is 15.7. The topological polar surface area (TPSA) is 72.8 Å². The highest BCUT2D eigenvalue weighted by Crippen LogP contribution is 2.33. The van der Waals surface area contributed by atoms with Crippen LogP contribution < -0.4 is 4.80 Å². The Morgan fingerprint density at radius 1 is 1.07 bits per heavy atom. The van der Waals surface area contributed by atoms with Crippen molar-refractivity contribution in [2.45, 2.75) is 38.0 Å². The van der Waals surface area contributed by atoms with Gasteiger partial charge in [-0.05, 0) is 42.0 Å². The third-order valence-electron chi connectivity index (χ3n) is 5.59. The van der Waals surface area contributed by atoms with Gasteiger partial charge in [0.15, 0.2) is 0 Å². The summed E-state index contributed by atoms with van der Waals surface area (Å²) in [6.45, 7) is 0. The molecule has 1 fully saturated rings. The van der Waals surface area contributed by atoms with Crippen LogP contribution in [-0.2, 0) is 0 Å². The zero-order valence-electron chi connectivity index (χ0n) is 16.9. The van der Waals surface area contributed by atoms with Gasteiger partial charge in [-0.1, -0.05) is 43.5 Å². The summed E-state index contributed by atoms with van der Waals surface area (Å²) < 4.78 is 1.82. The smallest absolute Gasteiger partial charge is 0.261 e. The number of nitro groups is 1. The Labute approximate surface area is 179 Å². The van der Waals surface area contributed by atoms with Crippen LogP contribution in [0.1, 0.15) is 49.1 Å². The minimum absolute atomic E-state index is 0.0679. The van der Waals surface area contributed by atoms with Crippen LogP contribution in [0.2, 0.25) is 0 Å². The van der Waals surface area contributed by atoms with Gasteiger partial charge in [0.1, 0.15) is 0 Å². The van der Waals surface area contributed by atoms with Gasteiger partial charge in [0.05, 0.1) is 16.8 Å². The van der Waals surface area contributed by atoms with E-state index in [1.807, 2.05) is 4.68 Å². The van der Waals surface area contributed by atoms with Gasteiger partial charge in [0.2, 0.25) is 4.80 Å². The molecule has 4 rings (SSSR count). The molecule has 0 N–H and O–H groups in total. The molecule has 1 aliphatic carbocycles. The Bertz CT molecular complexity index is 1110. The highest BCUT2D eigenvalue weighted by Gasteiger charge is 2.16. The second kappa shape index (κ2) is 9.17. The monoisotopic (exact) mass is 420 g/mol. The molecule has 0 unspecified atom stereocenters. The second-order valence-corrected chi connectivity index (χ2v) is 8.33. The summed E-state index contributed by atoms with van der Waals surface area (Å²) >= 11 is 1.54. The fourth-order valence-electron chi connectivity index (χ4n) is 3.93. The highest BCUT2D eigenvalue weighted by molar-refractivity contribution is 7.07. The Hall–Kier alpha value is -3.06. The van der Waals surface area contributed by atoms with Gasteiger partial charge in [-0.25, -0.2) is 4.68 Å². The van der Waals surface area contributed by atoms with Gasteiger partial charge in [-0.15, -0.1) is 11.3 Å². The number of aromatic nitrogens is 1. The molecule has 0 aliphatic heterocycles. The van der Waals surface area contributed by atoms with Crippen LogP contribution in [0.3, 0.4) is 0 Å². The Morgan fingerprint density at radius 3 is 2.40 bits per heavy atom. The molecule has 0 radical (unpaired) electrons. The first kappa shape index (κ1) is 20.2. The molecule has 0 amide bonds. The molecule has 154 valence electrons. The second-order valence-electron chi connectivity index (χ2n) is 7.49. The Balaban J connectivity index is 1.61. The largest absolute Gasteiger partial charge is 0.269 e. The molecule has 0 spiro atoms. The summed E-state index contributed by atoms with van der Waals surface area (Å²) in [7, 11) is 1.75. The van der Waals surface area contributed by atoms with Crippen molar-refractivity contribution in [1.82, 2.24) is 4.68 Å². The molecule has 1 aromatic heterocycles. The fraction of sp³-hybridized carbons (Fsp3) is 0.304. The number of hydrogen-bond donors (Lipinski definition) is 0. The van der Waals surface area contributed by atoms with Crippen molar-refractivity contribution in [3.8, 4) is 11.3 Å². The SMILES string of the molecule is CN=c1scc(-c2ccc(C3CCCCC3)cc2)n1N=Cc1ccc([N+](=O)[O-])cc1. The molecule has 3 aromatic rings. The van der Waals surface area contributed by atoms with Crippen molar-refractivity contribution in [1.29, 1.82) is 0 Å². The van der Waals surface area contributed by atoms with Crippen molar-refractivity contribution >= 4 is 23.2 Å². The fourth-order valence-corrected chi connectivity index (χ4v) is 4.73. The molecular weight excluding hydrogens is 396 g/mol. The Morgan fingerprint density at radius 2 is 1.77 bits per heavy atom. The molecule has 30 heavy (non-hydrogen) atoms. The molecule has 1 saturated carbocycles. The lowest BCUT2D eigenvalue weighted by molar-refractivity contribution is -0.384. The minimum Gasteiger partial charge on any atom is -0.261 e. The van der Waals surface area contributed by atoms with Crippen LogP contribution in [-0.4, -0.2) is 22.9 Å². The lowest BCUT2D eigenvalue weighted by atomic mass is 9.84. The van der Waals surface area contributed by atoms with Gasteiger partial charge >= 0.3 is 0 Å². The van der Waals surface area contributed by atoms with Crippen LogP contribution in [0.25, 0.3) is 11.3 Å². The molecule has 2 aromatic carbocycles. The van der Waals surface area contributed by atoms with Crippen LogP contribution in [0.15, 0.2) is 64.0 Å². The maximum Gasteiger partial charge on any atom is 0.269 e. The lowest BCUT2D eigenvalue weighted by Crippen LogP contribution is -2.11. The van der Waals surface area contributed by atoms with E-state index in [9.17, 15) is 10.1 Å². The van der Waals surface area contributed by atoms with E-state index in [0.29, 0.717) is 5.92 Å². The van der Waals surface area contributed by atoms with Crippen LogP contribution in [0.4, 0.5) is 5.69 Å². The van der Waals surface area contributed by atoms with Gasteiger partial charge < -0.3 is 0 Å². The third kappa shape index (κ3) is 4.41. The molecule has 1 heterocycles. The van der Waals surface area contributed by atoms with Gasteiger partial charge in [0.25, 0.3) is 5.69 Å². The quantitative estimate of drug-likeness (QED) is 0.307. The van der Waals surface area contributed by atoms with E-state index >= 15 is 0 Å². The zero-order chi connectivity index (χ0) is 20.9. The predicted octanol–water partition coefficient (Wildman–Crippen LogP) is 5.59. The average Bonchev–Trinajstić information content (AvgIpc) is 3.21. The third-order valence-corrected chi connectivity index (χ3v) is 6.49. The number of non-ortho nitro benzene ring substituents is 1. The summed E-state index contributed by atoms with van der Waals surface area (Å²) in [6.07, 6.45) is 8.29. The van der Waals surface area contributed by atoms with Crippen LogP contribution >= 0.6 is 11.3 Å². The van der Waals surface area contributed by atoms with Crippen molar-refractivity contribution < 1.29 is 4.92 Å². The summed E-state index contributed by atoms with van der Waals surface area (Å²) in [5.74, 6) is 0.684. The molecule has 7 heteroatoms. The van der Waals surface area contributed by atoms with Crippen molar-refractivity contribution in [3.63, 3.8) is 0 Å². The summed E-state index contributed by atoms with van der Waals surface area (Å²) in [4.78, 5) is 15.5. The first-order valence-corrected chi connectivity index (χ1v) is 11.1. The molecule has 0 atom stereocenters. The number of hydrogen-bond acceptors (Lipinski definition) is 5. The number of nitrogens with zero attached hydrogens (tertiary/aromatic N) is 4. The van der Waals surface area contributed by atoms with E-state index in [4.69, 9.17) is 0 Å². The van der Waals surface area contributed by atoms with Crippen LogP contribution in [0.5, 0.6) is 0 Å². The maximum atomic E-state index is 10.8. The highest BCUT2D eigenvalue weighted by atomic mass is 32.1. The standard InChI is InChI=1S/C23H24N4O2S/c1-24-23-26(25-15-17-7-13-21(14-8-17)27(28)29)22(16-30-23)20-11-9-19(10-12-20)18-5-3-2-4-6-18/h7-16,18H,2-6H2,1H3. The van der Waals surface area contributed by atoms with Crippen LogP contribution in [0, 0.1) is 10.1 Å². The average molecular weight is 421 g/mol. The number of rotatable bonds is 5. The molecule has 0 bridgehead atoms. The van der Waals surface area contributed by atoms with E-state index < -0.39 is 4.92 Å². The van der Waals surface area contributed by atoms with E-state index in [1.165, 1.54) is 61.1 Å². The maximum absolute atomic E-state index is 10.8. The first-order valence-electron chi connectivity index (χ1n) is 10.2. The van der Waals surface area contributed by atoms with Crippen molar-refractivity contribution in [2.24, 2.45) is 10.1 Å². The summed E-state index contributed by atoms with van der Waals surface area (Å²) in [5, 5.41) is 17.5. The lowest BCUT2D eigenvalue weighted by Gasteiger charge is -2.22. The van der Waals surface area contributed by atoms with Gasteiger partial charge in [0, 0.05) is 30.1 Å². The number of benzene rings is 2. The number of thiazole rings is 1. The number of nitro benzene ring substituents is 1. The van der Waals surface area contributed by atoms with Gasteiger partial charge in [-0.2, -0.15) is 5.10 Å². The van der Waals surface area contributed by atoms with Crippen molar-refractivity contribution in [2.75, 3.05) is 7.05 Å². The molecule has 1 aliphatic rings. The predicted molar refractivity (Wildman–Crippen MR) is 121 cm³/mol. The summed E-state index contributed by atoms with van der Waals surface area (Å²) in [5.41, 5.74) is 4.36. The molecule has 6 nitrogen and oxygen atoms in total. The Kier molecular flexibility index (Phi) is 6.18. The van der Waals surface area contributed by atoms with E-state index in [2.05, 4.69) is 39.7 Å². The van der Waals surface area contributed by atoms with Crippen molar-refractivity contribution in [3.05, 3.63) is 80.0 Å². The van der Waals surface area contributed by atoms with E-state index in [-0.39, 0.29) is 5.69 Å². The molecule has 0 saturated heterocycles. The van der Waals surface area contributed by atoms with E-state index in [1.54, 1.807) is 25.4 Å². The minimum atomic E-state index is -0.405. The van der Waals surface area contributed by atoms with Gasteiger partial charge in [-0.3, -0.25) is 15.1 Å². The first-order chi connectivity index (χ1) is 14.7.